The predicted octanol–water partition coefficient (Wildman–Crippen LogP) is 2.37. The zero-order valence-corrected chi connectivity index (χ0v) is 14.4. The summed E-state index contributed by atoms with van der Waals surface area (Å²) >= 11 is 0. The molecule has 112 valence electrons. The third-order valence-electron chi connectivity index (χ3n) is 4.44. The van der Waals surface area contributed by atoms with Crippen LogP contribution in [0.4, 0.5) is 0 Å². The number of likely N-dealkylation sites (tertiary alicyclic amines) is 1. The van der Waals surface area contributed by atoms with Crippen LogP contribution in [0, 0.1) is 5.41 Å². The molecule has 2 aliphatic rings. The van der Waals surface area contributed by atoms with Crippen LogP contribution >= 0.6 is 24.0 Å². The van der Waals surface area contributed by atoms with Crippen LogP contribution in [0.1, 0.15) is 38.3 Å². The molecule has 0 unspecified atom stereocenters. The number of halogens is 1. The second-order valence-corrected chi connectivity index (χ2v) is 5.78. The van der Waals surface area contributed by atoms with Gasteiger partial charge in [-0.15, -0.1) is 24.0 Å². The van der Waals surface area contributed by atoms with E-state index in [9.17, 15) is 0 Å². The molecule has 6 heteroatoms. The summed E-state index contributed by atoms with van der Waals surface area (Å²) in [7, 11) is 0. The van der Waals surface area contributed by atoms with E-state index in [1.54, 1.807) is 6.20 Å². The third kappa shape index (κ3) is 3.27. The van der Waals surface area contributed by atoms with E-state index in [1.807, 2.05) is 6.07 Å². The zero-order chi connectivity index (χ0) is 13.1. The monoisotopic (exact) mass is 389 g/mol. The highest BCUT2D eigenvalue weighted by Gasteiger charge is 2.43. The van der Waals surface area contributed by atoms with E-state index in [0.717, 1.165) is 24.7 Å². The van der Waals surface area contributed by atoms with Gasteiger partial charge in [0.2, 0.25) is 0 Å². The van der Waals surface area contributed by atoms with Crippen molar-refractivity contribution in [3.8, 4) is 0 Å². The molecule has 5 nitrogen and oxygen atoms in total. The van der Waals surface area contributed by atoms with Crippen molar-refractivity contribution in [2.24, 2.45) is 10.4 Å². The molecule has 0 bridgehead atoms. The molecule has 1 aliphatic carbocycles. The van der Waals surface area contributed by atoms with Crippen molar-refractivity contribution in [2.75, 3.05) is 19.6 Å². The Labute approximate surface area is 137 Å². The second-order valence-electron chi connectivity index (χ2n) is 5.78. The molecule has 2 heterocycles. The minimum absolute atomic E-state index is 0. The Kier molecular flexibility index (Phi) is 5.29. The lowest BCUT2D eigenvalue weighted by Crippen LogP contribution is -2.42. The number of aromatic nitrogens is 2. The zero-order valence-electron chi connectivity index (χ0n) is 12.1. The number of nitrogens with one attached hydrogen (secondary N) is 2. The minimum Gasteiger partial charge on any atom is -0.357 e. The van der Waals surface area contributed by atoms with Gasteiger partial charge in [-0.2, -0.15) is 5.10 Å². The van der Waals surface area contributed by atoms with E-state index in [4.69, 9.17) is 4.99 Å². The first kappa shape index (κ1) is 15.6. The highest BCUT2D eigenvalue weighted by molar-refractivity contribution is 14.0. The van der Waals surface area contributed by atoms with Gasteiger partial charge in [0.05, 0.1) is 12.2 Å². The molecule has 2 N–H and O–H groups in total. The first-order chi connectivity index (χ1) is 9.31. The molecule has 1 aromatic rings. The van der Waals surface area contributed by atoms with Gasteiger partial charge in [-0.05, 0) is 37.7 Å². The van der Waals surface area contributed by atoms with Crippen LogP contribution in [-0.4, -0.2) is 40.7 Å². The van der Waals surface area contributed by atoms with Gasteiger partial charge in [0.15, 0.2) is 5.96 Å². The summed E-state index contributed by atoms with van der Waals surface area (Å²) in [6.07, 6.45) is 7.33. The number of hydrogen-bond donors (Lipinski definition) is 2. The van der Waals surface area contributed by atoms with Crippen LogP contribution in [0.15, 0.2) is 17.3 Å². The molecule has 20 heavy (non-hydrogen) atoms. The lowest BCUT2D eigenvalue weighted by Gasteiger charge is -2.38. The van der Waals surface area contributed by atoms with Crippen molar-refractivity contribution in [3.63, 3.8) is 0 Å². The first-order valence-corrected chi connectivity index (χ1v) is 7.33. The van der Waals surface area contributed by atoms with E-state index >= 15 is 0 Å². The normalized spacial score (nSPS) is 20.6. The molecule has 0 aromatic carbocycles. The summed E-state index contributed by atoms with van der Waals surface area (Å²) < 4.78 is 0. The summed E-state index contributed by atoms with van der Waals surface area (Å²) in [5, 5.41) is 10.3. The van der Waals surface area contributed by atoms with E-state index in [1.165, 1.54) is 32.2 Å². The van der Waals surface area contributed by atoms with Crippen LogP contribution in [-0.2, 0) is 6.54 Å². The molecule has 1 aliphatic heterocycles. The molecule has 3 rings (SSSR count). The minimum atomic E-state index is 0. The molecule has 1 spiro atoms. The highest BCUT2D eigenvalue weighted by atomic mass is 127. The van der Waals surface area contributed by atoms with Gasteiger partial charge < -0.3 is 10.2 Å². The number of hydrogen-bond acceptors (Lipinski definition) is 2. The average molecular weight is 389 g/mol. The third-order valence-corrected chi connectivity index (χ3v) is 4.44. The van der Waals surface area contributed by atoms with E-state index in [-0.39, 0.29) is 24.0 Å². The molecular weight excluding hydrogens is 365 g/mol. The van der Waals surface area contributed by atoms with Gasteiger partial charge in [0.25, 0.3) is 0 Å². The van der Waals surface area contributed by atoms with Crippen LogP contribution in [0.3, 0.4) is 0 Å². The standard InChI is InChI=1S/C14H23N5.HI/c1-2-15-13(16-10-12-4-8-17-18-12)19-9-7-14(11-19)5-3-6-14;/h4,8H,2-3,5-7,9-11H2,1H3,(H,15,16)(H,17,18);1H. The maximum Gasteiger partial charge on any atom is 0.194 e. The van der Waals surface area contributed by atoms with Gasteiger partial charge in [-0.25, -0.2) is 4.99 Å². The lowest BCUT2D eigenvalue weighted by molar-refractivity contribution is 0.151. The molecule has 0 atom stereocenters. The van der Waals surface area contributed by atoms with Crippen LogP contribution < -0.4 is 5.32 Å². The SMILES string of the molecule is CCNC(=NCc1ccn[nH]1)N1CCC2(CCC2)C1.I. The van der Waals surface area contributed by atoms with E-state index < -0.39 is 0 Å². The van der Waals surface area contributed by atoms with Crippen molar-refractivity contribution in [1.82, 2.24) is 20.4 Å². The molecule has 0 radical (unpaired) electrons. The van der Waals surface area contributed by atoms with Crippen molar-refractivity contribution in [2.45, 2.75) is 39.2 Å². The summed E-state index contributed by atoms with van der Waals surface area (Å²) in [5.41, 5.74) is 1.68. The lowest BCUT2D eigenvalue weighted by atomic mass is 9.68. The Morgan fingerprint density at radius 2 is 2.35 bits per heavy atom. The Morgan fingerprint density at radius 1 is 1.50 bits per heavy atom. The van der Waals surface area contributed by atoms with Gasteiger partial charge in [0.1, 0.15) is 0 Å². The number of rotatable bonds is 3. The van der Waals surface area contributed by atoms with Crippen molar-refractivity contribution in [1.29, 1.82) is 0 Å². The number of aliphatic imine (C=N–C) groups is 1. The smallest absolute Gasteiger partial charge is 0.194 e. The Balaban J connectivity index is 0.00000147. The van der Waals surface area contributed by atoms with Gasteiger partial charge in [0, 0.05) is 25.8 Å². The largest absolute Gasteiger partial charge is 0.357 e. The number of nitrogens with zero attached hydrogens (tertiary/aromatic N) is 3. The number of guanidine groups is 1. The maximum atomic E-state index is 4.72. The van der Waals surface area contributed by atoms with E-state index in [2.05, 4.69) is 27.3 Å². The maximum absolute atomic E-state index is 4.72. The quantitative estimate of drug-likeness (QED) is 0.474. The van der Waals surface area contributed by atoms with Crippen molar-refractivity contribution >= 4 is 29.9 Å². The van der Waals surface area contributed by atoms with Gasteiger partial charge in [-0.1, -0.05) is 6.42 Å². The fourth-order valence-electron chi connectivity index (χ4n) is 3.16. The molecule has 1 saturated carbocycles. The fourth-order valence-corrected chi connectivity index (χ4v) is 3.16. The highest BCUT2D eigenvalue weighted by Crippen LogP contribution is 2.47. The van der Waals surface area contributed by atoms with Crippen LogP contribution in [0.5, 0.6) is 0 Å². The van der Waals surface area contributed by atoms with E-state index in [0.29, 0.717) is 12.0 Å². The molecular formula is C14H24IN5. The van der Waals surface area contributed by atoms with Crippen LogP contribution in [0.25, 0.3) is 0 Å². The Bertz CT molecular complexity index is 438. The first-order valence-electron chi connectivity index (χ1n) is 7.33. The van der Waals surface area contributed by atoms with Gasteiger partial charge in [-0.3, -0.25) is 5.10 Å². The average Bonchev–Trinajstić information content (AvgIpc) is 3.02. The number of H-pyrrole nitrogens is 1. The van der Waals surface area contributed by atoms with Crippen molar-refractivity contribution in [3.05, 3.63) is 18.0 Å². The molecule has 2 fully saturated rings. The summed E-state index contributed by atoms with van der Waals surface area (Å²) in [4.78, 5) is 7.15. The summed E-state index contributed by atoms with van der Waals surface area (Å²) in [6.45, 7) is 6.05. The molecule has 0 amide bonds. The second kappa shape index (κ2) is 6.78. The Hall–Kier alpha value is -0.790. The Morgan fingerprint density at radius 3 is 2.90 bits per heavy atom. The predicted molar refractivity (Wildman–Crippen MR) is 91.3 cm³/mol. The summed E-state index contributed by atoms with van der Waals surface area (Å²) in [6, 6.07) is 1.98. The van der Waals surface area contributed by atoms with Crippen LogP contribution in [0.2, 0.25) is 0 Å². The molecule has 1 saturated heterocycles. The van der Waals surface area contributed by atoms with Gasteiger partial charge >= 0.3 is 0 Å². The van der Waals surface area contributed by atoms with Crippen molar-refractivity contribution < 1.29 is 0 Å². The number of aromatic amines is 1. The fraction of sp³-hybridized carbons (Fsp3) is 0.714. The summed E-state index contributed by atoms with van der Waals surface area (Å²) in [5.74, 6) is 1.06. The molecule has 1 aromatic heterocycles. The topological polar surface area (TPSA) is 56.3 Å².